The second-order valence-electron chi connectivity index (χ2n) is 5.37. The molecular weight excluding hydrogens is 254 g/mol. The Balaban J connectivity index is 2.25. The van der Waals surface area contributed by atoms with Crippen LogP contribution in [-0.2, 0) is 4.79 Å². The molecule has 0 bridgehead atoms. The number of amides is 1. The molecule has 1 N–H and O–H groups in total. The van der Waals surface area contributed by atoms with Gasteiger partial charge < -0.3 is 14.5 Å². The Hall–Kier alpha value is -1.59. The van der Waals surface area contributed by atoms with Crippen LogP contribution in [0.1, 0.15) is 18.7 Å². The van der Waals surface area contributed by atoms with Crippen LogP contribution in [0.4, 0.5) is 0 Å². The maximum atomic E-state index is 12.3. The first-order valence-corrected chi connectivity index (χ1v) is 6.88. The van der Waals surface area contributed by atoms with Gasteiger partial charge in [0, 0.05) is 18.7 Å². The van der Waals surface area contributed by atoms with Crippen LogP contribution in [0.5, 0.6) is 5.75 Å². The number of ether oxygens (including phenoxy) is 1. The van der Waals surface area contributed by atoms with Crippen molar-refractivity contribution < 1.29 is 9.53 Å². The van der Waals surface area contributed by atoms with Gasteiger partial charge >= 0.3 is 0 Å². The third-order valence-corrected chi connectivity index (χ3v) is 3.59. The van der Waals surface area contributed by atoms with Gasteiger partial charge in [0.1, 0.15) is 11.9 Å². The molecule has 1 fully saturated rings. The Bertz CT molecular complexity index is 476. The smallest absolute Gasteiger partial charge is 0.241 e. The average Bonchev–Trinajstić information content (AvgIpc) is 2.72. The highest BCUT2D eigenvalue weighted by Crippen LogP contribution is 2.31. The number of rotatable bonds is 5. The molecule has 1 aliphatic heterocycles. The second-order valence-corrected chi connectivity index (χ2v) is 5.37. The van der Waals surface area contributed by atoms with E-state index in [4.69, 9.17) is 4.74 Å². The van der Waals surface area contributed by atoms with Crippen molar-refractivity contribution in [1.29, 1.82) is 0 Å². The molecule has 2 unspecified atom stereocenters. The van der Waals surface area contributed by atoms with E-state index in [0.29, 0.717) is 6.54 Å². The lowest BCUT2D eigenvalue weighted by Gasteiger charge is -2.27. The Morgan fingerprint density at radius 3 is 2.70 bits per heavy atom. The van der Waals surface area contributed by atoms with E-state index >= 15 is 0 Å². The van der Waals surface area contributed by atoms with Gasteiger partial charge in [-0.3, -0.25) is 10.1 Å². The van der Waals surface area contributed by atoms with Crippen LogP contribution in [0, 0.1) is 0 Å². The van der Waals surface area contributed by atoms with Gasteiger partial charge in [0.2, 0.25) is 5.91 Å². The summed E-state index contributed by atoms with van der Waals surface area (Å²) >= 11 is 0. The molecule has 1 heterocycles. The maximum Gasteiger partial charge on any atom is 0.241 e. The molecule has 1 amide bonds. The van der Waals surface area contributed by atoms with Crippen molar-refractivity contribution in [1.82, 2.24) is 15.1 Å². The van der Waals surface area contributed by atoms with E-state index in [1.54, 1.807) is 7.11 Å². The zero-order valence-electron chi connectivity index (χ0n) is 12.6. The number of carbonyl (C=O) groups is 1. The molecule has 1 aliphatic rings. The predicted octanol–water partition coefficient (Wildman–Crippen LogP) is 1.08. The van der Waals surface area contributed by atoms with Crippen LogP contribution >= 0.6 is 0 Å². The van der Waals surface area contributed by atoms with Gasteiger partial charge in [-0.2, -0.15) is 0 Å². The van der Waals surface area contributed by atoms with E-state index in [-0.39, 0.29) is 18.1 Å². The van der Waals surface area contributed by atoms with E-state index in [1.807, 2.05) is 50.2 Å². The van der Waals surface area contributed by atoms with Crippen molar-refractivity contribution >= 4 is 5.91 Å². The first kappa shape index (κ1) is 14.8. The first-order chi connectivity index (χ1) is 9.54. The molecule has 0 radical (unpaired) electrons. The summed E-state index contributed by atoms with van der Waals surface area (Å²) in [6.45, 7) is 3.44. The summed E-state index contributed by atoms with van der Waals surface area (Å²) in [5.74, 6) is 0.949. The summed E-state index contributed by atoms with van der Waals surface area (Å²) < 4.78 is 5.41. The molecule has 5 heteroatoms. The molecule has 0 aromatic heterocycles. The van der Waals surface area contributed by atoms with Crippen LogP contribution in [0.3, 0.4) is 0 Å². The van der Waals surface area contributed by atoms with Crippen LogP contribution in [-0.4, -0.2) is 56.0 Å². The second kappa shape index (κ2) is 6.24. The molecular formula is C15H23N3O2. The minimum atomic E-state index is -0.160. The predicted molar refractivity (Wildman–Crippen MR) is 78.6 cm³/mol. The molecule has 2 atom stereocenters. The SMILES string of the molecule is COc1ccccc1C1NC(C)C(=O)N1CCN(C)C. The number of methoxy groups -OCH3 is 1. The topological polar surface area (TPSA) is 44.8 Å². The molecule has 1 aromatic carbocycles. The van der Waals surface area contributed by atoms with Gasteiger partial charge in [0.05, 0.1) is 13.2 Å². The zero-order valence-corrected chi connectivity index (χ0v) is 12.6. The third kappa shape index (κ3) is 2.94. The Labute approximate surface area is 120 Å². The summed E-state index contributed by atoms with van der Waals surface area (Å²) in [7, 11) is 5.67. The molecule has 110 valence electrons. The van der Waals surface area contributed by atoms with Crippen molar-refractivity contribution in [2.75, 3.05) is 34.3 Å². The largest absolute Gasteiger partial charge is 0.496 e. The summed E-state index contributed by atoms with van der Waals surface area (Å²) in [4.78, 5) is 16.3. The molecule has 0 saturated carbocycles. The molecule has 2 rings (SSSR count). The number of benzene rings is 1. The fraction of sp³-hybridized carbons (Fsp3) is 0.533. The lowest BCUT2D eigenvalue weighted by atomic mass is 10.1. The van der Waals surface area contributed by atoms with Crippen molar-refractivity contribution in [3.63, 3.8) is 0 Å². The van der Waals surface area contributed by atoms with E-state index in [2.05, 4.69) is 10.2 Å². The highest BCUT2D eigenvalue weighted by atomic mass is 16.5. The Morgan fingerprint density at radius 2 is 2.05 bits per heavy atom. The molecule has 1 saturated heterocycles. The minimum absolute atomic E-state index is 0.117. The molecule has 5 nitrogen and oxygen atoms in total. The Morgan fingerprint density at radius 1 is 1.35 bits per heavy atom. The molecule has 0 spiro atoms. The van der Waals surface area contributed by atoms with Crippen molar-refractivity contribution in [2.24, 2.45) is 0 Å². The lowest BCUT2D eigenvalue weighted by molar-refractivity contribution is -0.130. The van der Waals surface area contributed by atoms with Crippen LogP contribution in [0.2, 0.25) is 0 Å². The average molecular weight is 277 g/mol. The van der Waals surface area contributed by atoms with Crippen molar-refractivity contribution in [2.45, 2.75) is 19.1 Å². The van der Waals surface area contributed by atoms with E-state index < -0.39 is 0 Å². The van der Waals surface area contributed by atoms with Crippen LogP contribution < -0.4 is 10.1 Å². The Kier molecular flexibility index (Phi) is 4.62. The number of para-hydroxylation sites is 1. The van der Waals surface area contributed by atoms with Gasteiger partial charge in [-0.1, -0.05) is 18.2 Å². The number of nitrogens with one attached hydrogen (secondary N) is 1. The van der Waals surface area contributed by atoms with E-state index in [9.17, 15) is 4.79 Å². The maximum absolute atomic E-state index is 12.3. The molecule has 20 heavy (non-hydrogen) atoms. The van der Waals surface area contributed by atoms with Gasteiger partial charge in [-0.05, 0) is 27.1 Å². The summed E-state index contributed by atoms with van der Waals surface area (Å²) in [6.07, 6.45) is -0.117. The first-order valence-electron chi connectivity index (χ1n) is 6.88. The quantitative estimate of drug-likeness (QED) is 0.874. The number of nitrogens with zero attached hydrogens (tertiary/aromatic N) is 2. The highest BCUT2D eigenvalue weighted by molar-refractivity contribution is 5.84. The fourth-order valence-corrected chi connectivity index (χ4v) is 2.47. The third-order valence-electron chi connectivity index (χ3n) is 3.59. The van der Waals surface area contributed by atoms with Gasteiger partial charge in [0.15, 0.2) is 0 Å². The number of hydrogen-bond acceptors (Lipinski definition) is 4. The zero-order chi connectivity index (χ0) is 14.7. The van der Waals surface area contributed by atoms with Crippen LogP contribution in [0.25, 0.3) is 0 Å². The lowest BCUT2D eigenvalue weighted by Crippen LogP contribution is -2.36. The number of hydrogen-bond donors (Lipinski definition) is 1. The summed E-state index contributed by atoms with van der Waals surface area (Å²) in [5.41, 5.74) is 1.01. The minimum Gasteiger partial charge on any atom is -0.496 e. The number of carbonyl (C=O) groups excluding carboxylic acids is 1. The van der Waals surface area contributed by atoms with Crippen molar-refractivity contribution in [3.8, 4) is 5.75 Å². The summed E-state index contributed by atoms with van der Waals surface area (Å²) in [5, 5.41) is 3.35. The molecule has 0 aliphatic carbocycles. The fourth-order valence-electron chi connectivity index (χ4n) is 2.47. The highest BCUT2D eigenvalue weighted by Gasteiger charge is 2.37. The van der Waals surface area contributed by atoms with Gasteiger partial charge in [-0.15, -0.1) is 0 Å². The van der Waals surface area contributed by atoms with Gasteiger partial charge in [0.25, 0.3) is 0 Å². The van der Waals surface area contributed by atoms with Gasteiger partial charge in [-0.25, -0.2) is 0 Å². The molecule has 1 aromatic rings. The van der Waals surface area contributed by atoms with Crippen molar-refractivity contribution in [3.05, 3.63) is 29.8 Å². The monoisotopic (exact) mass is 277 g/mol. The number of likely N-dealkylation sites (N-methyl/N-ethyl adjacent to an activating group) is 1. The van der Waals surface area contributed by atoms with Crippen LogP contribution in [0.15, 0.2) is 24.3 Å². The summed E-state index contributed by atoms with van der Waals surface area (Å²) in [6, 6.07) is 7.68. The van der Waals surface area contributed by atoms with E-state index in [0.717, 1.165) is 17.9 Å². The standard InChI is InChI=1S/C15H23N3O2/c1-11-15(19)18(10-9-17(2)3)14(16-11)12-7-5-6-8-13(12)20-4/h5-8,11,14,16H,9-10H2,1-4H3. The normalized spacial score (nSPS) is 22.6. The van der Waals surface area contributed by atoms with E-state index in [1.165, 1.54) is 0 Å².